The molecule has 0 amide bonds. The third kappa shape index (κ3) is 2.82. The Morgan fingerprint density at radius 1 is 1.14 bits per heavy atom. The average molecular weight is 289 g/mol. The standard InChI is InChI=1S/C18H27NO2/c1-19-16-12-17(18(16)10-4-3-5-11-18)21-13-14-6-8-15(20-2)9-7-14/h6-9,16-17,19H,3-5,10-13H2,1-2H3. The van der Waals surface area contributed by atoms with Gasteiger partial charge in [-0.1, -0.05) is 31.4 Å². The lowest BCUT2D eigenvalue weighted by Crippen LogP contribution is -2.63. The van der Waals surface area contributed by atoms with E-state index in [1.165, 1.54) is 37.7 Å². The Morgan fingerprint density at radius 3 is 2.48 bits per heavy atom. The molecule has 0 saturated heterocycles. The van der Waals surface area contributed by atoms with Crippen LogP contribution in [0, 0.1) is 5.41 Å². The zero-order valence-electron chi connectivity index (χ0n) is 13.2. The van der Waals surface area contributed by atoms with Gasteiger partial charge in [0.1, 0.15) is 5.75 Å². The lowest BCUT2D eigenvalue weighted by Gasteiger charge is -2.57. The van der Waals surface area contributed by atoms with Crippen molar-refractivity contribution >= 4 is 0 Å². The lowest BCUT2D eigenvalue weighted by molar-refractivity contribution is -0.157. The molecular formula is C18H27NO2. The summed E-state index contributed by atoms with van der Waals surface area (Å²) in [5.74, 6) is 0.904. The normalized spacial score (nSPS) is 27.3. The highest BCUT2D eigenvalue weighted by atomic mass is 16.5. The van der Waals surface area contributed by atoms with E-state index in [1.807, 2.05) is 12.1 Å². The van der Waals surface area contributed by atoms with Gasteiger partial charge in [0.25, 0.3) is 0 Å². The molecule has 3 nitrogen and oxygen atoms in total. The topological polar surface area (TPSA) is 30.5 Å². The first-order valence-corrected chi connectivity index (χ1v) is 8.20. The van der Waals surface area contributed by atoms with Crippen molar-refractivity contribution in [2.45, 2.75) is 57.3 Å². The van der Waals surface area contributed by atoms with Crippen molar-refractivity contribution in [3.05, 3.63) is 29.8 Å². The second-order valence-corrected chi connectivity index (χ2v) is 6.52. The zero-order valence-corrected chi connectivity index (χ0v) is 13.2. The molecule has 2 fully saturated rings. The molecule has 2 saturated carbocycles. The predicted octanol–water partition coefficient (Wildman–Crippen LogP) is 3.52. The lowest BCUT2D eigenvalue weighted by atomic mass is 9.55. The summed E-state index contributed by atoms with van der Waals surface area (Å²) in [7, 11) is 3.80. The first kappa shape index (κ1) is 14.9. The summed E-state index contributed by atoms with van der Waals surface area (Å²) in [5, 5.41) is 3.51. The molecule has 21 heavy (non-hydrogen) atoms. The van der Waals surface area contributed by atoms with Crippen LogP contribution in [0.5, 0.6) is 5.75 Å². The predicted molar refractivity (Wildman–Crippen MR) is 84.6 cm³/mol. The first-order valence-electron chi connectivity index (χ1n) is 8.20. The summed E-state index contributed by atoms with van der Waals surface area (Å²) in [6.07, 6.45) is 8.35. The minimum atomic E-state index is 0.402. The van der Waals surface area contributed by atoms with Crippen LogP contribution in [-0.4, -0.2) is 26.3 Å². The molecule has 0 radical (unpaired) electrons. The molecule has 0 heterocycles. The van der Waals surface area contributed by atoms with Gasteiger partial charge in [-0.15, -0.1) is 0 Å². The second kappa shape index (κ2) is 6.37. The number of rotatable bonds is 5. The van der Waals surface area contributed by atoms with Gasteiger partial charge in [0.2, 0.25) is 0 Å². The molecule has 0 bridgehead atoms. The molecule has 1 spiro atoms. The molecule has 0 aromatic heterocycles. The van der Waals surface area contributed by atoms with Gasteiger partial charge in [-0.25, -0.2) is 0 Å². The zero-order chi connectivity index (χ0) is 14.7. The van der Waals surface area contributed by atoms with Crippen molar-refractivity contribution in [3.8, 4) is 5.75 Å². The van der Waals surface area contributed by atoms with Crippen molar-refractivity contribution in [2.75, 3.05) is 14.2 Å². The second-order valence-electron chi connectivity index (χ2n) is 6.52. The van der Waals surface area contributed by atoms with Gasteiger partial charge in [0.15, 0.2) is 0 Å². The molecule has 1 aromatic rings. The van der Waals surface area contributed by atoms with Crippen LogP contribution in [0.3, 0.4) is 0 Å². The molecule has 2 atom stereocenters. The Labute approximate surface area is 128 Å². The molecule has 2 aliphatic carbocycles. The summed E-state index contributed by atoms with van der Waals surface area (Å²) in [6, 6.07) is 8.86. The van der Waals surface area contributed by atoms with E-state index < -0.39 is 0 Å². The number of nitrogens with one attached hydrogen (secondary N) is 1. The fourth-order valence-electron chi connectivity index (χ4n) is 4.19. The highest BCUT2D eigenvalue weighted by molar-refractivity contribution is 5.26. The van der Waals surface area contributed by atoms with E-state index in [9.17, 15) is 0 Å². The summed E-state index contributed by atoms with van der Waals surface area (Å²) in [5.41, 5.74) is 1.63. The van der Waals surface area contributed by atoms with Crippen molar-refractivity contribution in [1.29, 1.82) is 0 Å². The highest BCUT2D eigenvalue weighted by Gasteiger charge is 2.54. The molecular weight excluding hydrogens is 262 g/mol. The quantitative estimate of drug-likeness (QED) is 0.899. The van der Waals surface area contributed by atoms with Crippen LogP contribution in [0.2, 0.25) is 0 Å². The Balaban J connectivity index is 1.59. The minimum Gasteiger partial charge on any atom is -0.497 e. The molecule has 116 valence electrons. The van der Waals surface area contributed by atoms with Crippen molar-refractivity contribution in [1.82, 2.24) is 5.32 Å². The smallest absolute Gasteiger partial charge is 0.118 e. The van der Waals surface area contributed by atoms with Crippen LogP contribution in [0.25, 0.3) is 0 Å². The third-order valence-electron chi connectivity index (χ3n) is 5.53. The van der Waals surface area contributed by atoms with Gasteiger partial charge < -0.3 is 14.8 Å². The van der Waals surface area contributed by atoms with Crippen molar-refractivity contribution in [3.63, 3.8) is 0 Å². The first-order chi connectivity index (χ1) is 10.3. The Bertz CT molecular complexity index is 451. The molecule has 2 aliphatic rings. The number of benzene rings is 1. The SMILES string of the molecule is CNC1CC(OCc2ccc(OC)cc2)C12CCCCC2. The molecule has 1 aromatic carbocycles. The molecule has 3 heteroatoms. The Morgan fingerprint density at radius 2 is 1.86 bits per heavy atom. The van der Waals surface area contributed by atoms with E-state index in [4.69, 9.17) is 9.47 Å². The largest absolute Gasteiger partial charge is 0.497 e. The van der Waals surface area contributed by atoms with E-state index in [2.05, 4.69) is 24.5 Å². The van der Waals surface area contributed by atoms with Gasteiger partial charge in [-0.3, -0.25) is 0 Å². The van der Waals surface area contributed by atoms with E-state index >= 15 is 0 Å². The summed E-state index contributed by atoms with van der Waals surface area (Å²) in [4.78, 5) is 0. The molecule has 1 N–H and O–H groups in total. The van der Waals surface area contributed by atoms with E-state index in [0.717, 1.165) is 12.2 Å². The summed E-state index contributed by atoms with van der Waals surface area (Å²) < 4.78 is 11.5. The third-order valence-corrected chi connectivity index (χ3v) is 5.53. The van der Waals surface area contributed by atoms with Gasteiger partial charge in [-0.05, 0) is 44.0 Å². The van der Waals surface area contributed by atoms with Gasteiger partial charge >= 0.3 is 0 Å². The Kier molecular flexibility index (Phi) is 4.51. The van der Waals surface area contributed by atoms with Crippen LogP contribution < -0.4 is 10.1 Å². The number of methoxy groups -OCH3 is 1. The maximum absolute atomic E-state index is 6.28. The van der Waals surface area contributed by atoms with Crippen LogP contribution in [0.15, 0.2) is 24.3 Å². The summed E-state index contributed by atoms with van der Waals surface area (Å²) >= 11 is 0. The monoisotopic (exact) mass is 289 g/mol. The van der Waals surface area contributed by atoms with Crippen molar-refractivity contribution < 1.29 is 9.47 Å². The van der Waals surface area contributed by atoms with E-state index in [0.29, 0.717) is 24.2 Å². The fraction of sp³-hybridized carbons (Fsp3) is 0.667. The van der Waals surface area contributed by atoms with Gasteiger partial charge in [-0.2, -0.15) is 0 Å². The van der Waals surface area contributed by atoms with E-state index in [1.54, 1.807) is 7.11 Å². The maximum Gasteiger partial charge on any atom is 0.118 e. The van der Waals surface area contributed by atoms with Gasteiger partial charge in [0.05, 0.1) is 19.8 Å². The Hall–Kier alpha value is -1.06. The number of ether oxygens (including phenoxy) is 2. The number of hydrogen-bond donors (Lipinski definition) is 1. The number of hydrogen-bond acceptors (Lipinski definition) is 3. The van der Waals surface area contributed by atoms with Crippen LogP contribution in [0.1, 0.15) is 44.1 Å². The molecule has 0 aliphatic heterocycles. The maximum atomic E-state index is 6.28. The minimum absolute atomic E-state index is 0.402. The summed E-state index contributed by atoms with van der Waals surface area (Å²) in [6.45, 7) is 0.715. The molecule has 3 rings (SSSR count). The average Bonchev–Trinajstić information content (AvgIpc) is 2.55. The van der Waals surface area contributed by atoms with Gasteiger partial charge in [0, 0.05) is 11.5 Å². The highest BCUT2D eigenvalue weighted by Crippen LogP contribution is 2.53. The van der Waals surface area contributed by atoms with E-state index in [-0.39, 0.29) is 0 Å². The van der Waals surface area contributed by atoms with Crippen LogP contribution >= 0.6 is 0 Å². The fourth-order valence-corrected chi connectivity index (χ4v) is 4.19. The van der Waals surface area contributed by atoms with Crippen LogP contribution in [-0.2, 0) is 11.3 Å². The van der Waals surface area contributed by atoms with Crippen LogP contribution in [0.4, 0.5) is 0 Å². The van der Waals surface area contributed by atoms with Crippen molar-refractivity contribution in [2.24, 2.45) is 5.41 Å². The molecule has 2 unspecified atom stereocenters.